The molecule has 0 aromatic heterocycles. The molecule has 1 aromatic carbocycles. The number of fused-ring (bicyclic) bond motifs is 1. The molecule has 23 heavy (non-hydrogen) atoms. The van der Waals surface area contributed by atoms with Crippen LogP contribution in [0.5, 0.6) is 5.75 Å². The summed E-state index contributed by atoms with van der Waals surface area (Å²) in [7, 11) is 0. The first-order chi connectivity index (χ1) is 10.8. The van der Waals surface area contributed by atoms with Crippen molar-refractivity contribution >= 4 is 6.09 Å². The maximum absolute atomic E-state index is 11.5. The highest BCUT2D eigenvalue weighted by Crippen LogP contribution is 2.27. The van der Waals surface area contributed by atoms with Crippen molar-refractivity contribution in [1.29, 1.82) is 0 Å². The Kier molecular flexibility index (Phi) is 5.88. The van der Waals surface area contributed by atoms with Crippen molar-refractivity contribution in [3.05, 3.63) is 29.3 Å². The number of rotatable bonds is 6. The zero-order valence-corrected chi connectivity index (χ0v) is 14.6. The summed E-state index contributed by atoms with van der Waals surface area (Å²) in [5.41, 5.74) is 2.12. The van der Waals surface area contributed by atoms with Gasteiger partial charge in [0.2, 0.25) is 0 Å². The fraction of sp³-hybridized carbons (Fsp3) is 0.611. The zero-order chi connectivity index (χ0) is 16.9. The van der Waals surface area contributed by atoms with Crippen molar-refractivity contribution in [2.75, 3.05) is 19.7 Å². The summed E-state index contributed by atoms with van der Waals surface area (Å²) in [4.78, 5) is 11.5. The molecule has 5 nitrogen and oxygen atoms in total. The molecule has 1 atom stereocenters. The molecule has 1 aliphatic heterocycles. The maximum atomic E-state index is 11.5. The van der Waals surface area contributed by atoms with Gasteiger partial charge in [0.25, 0.3) is 0 Å². The first kappa shape index (κ1) is 17.6. The lowest BCUT2D eigenvalue weighted by Crippen LogP contribution is -2.34. The highest BCUT2D eigenvalue weighted by Gasteiger charge is 2.16. The minimum Gasteiger partial charge on any atom is -0.493 e. The predicted molar refractivity (Wildman–Crippen MR) is 90.9 cm³/mol. The van der Waals surface area contributed by atoms with E-state index in [2.05, 4.69) is 35.8 Å². The molecule has 1 aliphatic rings. The van der Waals surface area contributed by atoms with Gasteiger partial charge >= 0.3 is 6.09 Å². The lowest BCUT2D eigenvalue weighted by atomic mass is 10.0. The average molecular weight is 320 g/mol. The van der Waals surface area contributed by atoms with Gasteiger partial charge in [0, 0.05) is 19.0 Å². The average Bonchev–Trinajstić information content (AvgIpc) is 2.92. The van der Waals surface area contributed by atoms with Crippen LogP contribution in [0.15, 0.2) is 18.2 Å². The van der Waals surface area contributed by atoms with Crippen LogP contribution in [0.4, 0.5) is 4.79 Å². The standard InChI is InChI=1S/C18H28N2O3/c1-13(14-6-7-16-15(12-14)8-11-22-16)19-9-5-10-20-17(21)23-18(2,3)4/h6-7,12-13,19H,5,8-11H2,1-4H3,(H,20,21). The summed E-state index contributed by atoms with van der Waals surface area (Å²) in [6.07, 6.45) is 1.50. The van der Waals surface area contributed by atoms with E-state index in [1.807, 2.05) is 20.8 Å². The van der Waals surface area contributed by atoms with E-state index in [1.54, 1.807) is 0 Å². The largest absolute Gasteiger partial charge is 0.493 e. The molecule has 1 aromatic rings. The molecule has 0 saturated heterocycles. The number of benzene rings is 1. The number of amides is 1. The van der Waals surface area contributed by atoms with Gasteiger partial charge in [-0.25, -0.2) is 4.79 Å². The fourth-order valence-electron chi connectivity index (χ4n) is 2.51. The molecule has 1 amide bonds. The third-order valence-electron chi connectivity index (χ3n) is 3.69. The van der Waals surface area contributed by atoms with Crippen molar-refractivity contribution in [3.8, 4) is 5.75 Å². The molecule has 0 spiro atoms. The van der Waals surface area contributed by atoms with Crippen LogP contribution >= 0.6 is 0 Å². The number of carbonyl (C=O) groups is 1. The van der Waals surface area contributed by atoms with Gasteiger partial charge in [-0.05, 0) is 57.9 Å². The second-order valence-electron chi connectivity index (χ2n) is 6.92. The van der Waals surface area contributed by atoms with E-state index in [0.29, 0.717) is 6.54 Å². The van der Waals surface area contributed by atoms with Crippen molar-refractivity contribution in [2.45, 2.75) is 52.2 Å². The third kappa shape index (κ3) is 5.75. The van der Waals surface area contributed by atoms with E-state index >= 15 is 0 Å². The van der Waals surface area contributed by atoms with Crippen LogP contribution in [0.3, 0.4) is 0 Å². The molecule has 1 unspecified atom stereocenters. The molecule has 128 valence electrons. The first-order valence-corrected chi connectivity index (χ1v) is 8.31. The van der Waals surface area contributed by atoms with Crippen molar-refractivity contribution < 1.29 is 14.3 Å². The summed E-state index contributed by atoms with van der Waals surface area (Å²) in [6.45, 7) is 9.96. The highest BCUT2D eigenvalue weighted by atomic mass is 16.6. The Morgan fingerprint density at radius 1 is 1.35 bits per heavy atom. The Bertz CT molecular complexity index is 538. The van der Waals surface area contributed by atoms with Crippen molar-refractivity contribution in [3.63, 3.8) is 0 Å². The van der Waals surface area contributed by atoms with E-state index in [0.717, 1.165) is 31.7 Å². The minimum atomic E-state index is -0.450. The molecule has 2 N–H and O–H groups in total. The van der Waals surface area contributed by atoms with Gasteiger partial charge in [0.05, 0.1) is 6.61 Å². The molecule has 0 fully saturated rings. The lowest BCUT2D eigenvalue weighted by Gasteiger charge is -2.20. The second-order valence-corrected chi connectivity index (χ2v) is 6.92. The van der Waals surface area contributed by atoms with E-state index < -0.39 is 5.60 Å². The summed E-state index contributed by atoms with van der Waals surface area (Å²) < 4.78 is 10.7. The van der Waals surface area contributed by atoms with Crippen LogP contribution in [0, 0.1) is 0 Å². The molecular weight excluding hydrogens is 292 g/mol. The normalized spacial score (nSPS) is 14.8. The first-order valence-electron chi connectivity index (χ1n) is 8.31. The van der Waals surface area contributed by atoms with Crippen molar-refractivity contribution in [1.82, 2.24) is 10.6 Å². The van der Waals surface area contributed by atoms with Crippen LogP contribution in [0.2, 0.25) is 0 Å². The van der Waals surface area contributed by atoms with Crippen LogP contribution in [-0.4, -0.2) is 31.4 Å². The van der Waals surface area contributed by atoms with Crippen LogP contribution < -0.4 is 15.4 Å². The topological polar surface area (TPSA) is 59.6 Å². The number of carbonyl (C=O) groups excluding carboxylic acids is 1. The van der Waals surface area contributed by atoms with Crippen LogP contribution in [0.25, 0.3) is 0 Å². The SMILES string of the molecule is CC(NCCCNC(=O)OC(C)(C)C)c1ccc2c(c1)CCO2. The summed E-state index contributed by atoms with van der Waals surface area (Å²) in [6, 6.07) is 6.67. The lowest BCUT2D eigenvalue weighted by molar-refractivity contribution is 0.0527. The second kappa shape index (κ2) is 7.68. The highest BCUT2D eigenvalue weighted by molar-refractivity contribution is 5.67. The molecule has 1 heterocycles. The van der Waals surface area contributed by atoms with Crippen molar-refractivity contribution in [2.24, 2.45) is 0 Å². The Labute approximate surface area is 138 Å². The monoisotopic (exact) mass is 320 g/mol. The zero-order valence-electron chi connectivity index (χ0n) is 14.6. The van der Waals surface area contributed by atoms with Crippen LogP contribution in [-0.2, 0) is 11.2 Å². The fourth-order valence-corrected chi connectivity index (χ4v) is 2.51. The molecule has 2 rings (SSSR count). The Morgan fingerprint density at radius 2 is 2.13 bits per heavy atom. The maximum Gasteiger partial charge on any atom is 0.407 e. The quantitative estimate of drug-likeness (QED) is 0.790. The third-order valence-corrected chi connectivity index (χ3v) is 3.69. The van der Waals surface area contributed by atoms with Gasteiger partial charge < -0.3 is 20.1 Å². The molecule has 0 radical (unpaired) electrons. The van der Waals surface area contributed by atoms with Gasteiger partial charge in [-0.3, -0.25) is 0 Å². The summed E-state index contributed by atoms with van der Waals surface area (Å²) >= 11 is 0. The molecule has 0 aliphatic carbocycles. The molecule has 0 saturated carbocycles. The summed E-state index contributed by atoms with van der Waals surface area (Å²) in [5.74, 6) is 1.02. The molecule has 5 heteroatoms. The van der Waals surface area contributed by atoms with Gasteiger partial charge in [0.15, 0.2) is 0 Å². The predicted octanol–water partition coefficient (Wildman–Crippen LogP) is 3.19. The smallest absolute Gasteiger partial charge is 0.407 e. The Hall–Kier alpha value is -1.75. The van der Waals surface area contributed by atoms with E-state index in [1.165, 1.54) is 11.1 Å². The van der Waals surface area contributed by atoms with Gasteiger partial charge in [-0.1, -0.05) is 12.1 Å². The Balaban J connectivity index is 1.65. The number of hydrogen-bond donors (Lipinski definition) is 2. The summed E-state index contributed by atoms with van der Waals surface area (Å²) in [5, 5.41) is 6.25. The Morgan fingerprint density at radius 3 is 2.87 bits per heavy atom. The van der Waals surface area contributed by atoms with Crippen LogP contribution in [0.1, 0.15) is 51.3 Å². The van der Waals surface area contributed by atoms with E-state index in [9.17, 15) is 4.79 Å². The minimum absolute atomic E-state index is 0.280. The molecular formula is C18H28N2O3. The number of hydrogen-bond acceptors (Lipinski definition) is 4. The number of ether oxygens (including phenoxy) is 2. The number of nitrogens with one attached hydrogen (secondary N) is 2. The van der Waals surface area contributed by atoms with Gasteiger partial charge in [0.1, 0.15) is 11.4 Å². The molecule has 0 bridgehead atoms. The number of alkyl carbamates (subject to hydrolysis) is 1. The van der Waals surface area contributed by atoms with E-state index in [-0.39, 0.29) is 12.1 Å². The van der Waals surface area contributed by atoms with Gasteiger partial charge in [-0.2, -0.15) is 0 Å². The van der Waals surface area contributed by atoms with E-state index in [4.69, 9.17) is 9.47 Å². The van der Waals surface area contributed by atoms with Gasteiger partial charge in [-0.15, -0.1) is 0 Å².